The van der Waals surface area contributed by atoms with Crippen LogP contribution < -0.4 is 4.90 Å². The third-order valence-electron chi connectivity index (χ3n) is 4.17. The van der Waals surface area contributed by atoms with E-state index in [2.05, 4.69) is 29.8 Å². The fraction of sp³-hybridized carbons (Fsp3) is 0.571. The largest absolute Gasteiger partial charge is 0.356 e. The van der Waals surface area contributed by atoms with Crippen LogP contribution in [0.2, 0.25) is 5.15 Å². The molecular formula is C14H18ClN3. The Kier molecular flexibility index (Phi) is 3.77. The van der Waals surface area contributed by atoms with E-state index in [1.807, 2.05) is 6.07 Å². The molecule has 0 amide bonds. The molecule has 0 bridgehead atoms. The second-order valence-corrected chi connectivity index (χ2v) is 5.41. The molecule has 1 aromatic heterocycles. The van der Waals surface area contributed by atoms with Crippen LogP contribution in [-0.2, 0) is 0 Å². The van der Waals surface area contributed by atoms with E-state index in [1.165, 1.54) is 19.3 Å². The molecule has 18 heavy (non-hydrogen) atoms. The van der Waals surface area contributed by atoms with Crippen LogP contribution >= 0.6 is 11.6 Å². The Bertz CT molecular complexity index is 474. The van der Waals surface area contributed by atoms with E-state index in [4.69, 9.17) is 16.9 Å². The van der Waals surface area contributed by atoms with Crippen LogP contribution in [-0.4, -0.2) is 18.1 Å². The first kappa shape index (κ1) is 13.2. The minimum absolute atomic E-state index is 0.398. The Morgan fingerprint density at radius 2 is 2.17 bits per heavy atom. The summed E-state index contributed by atoms with van der Waals surface area (Å²) in [5.74, 6) is 0.836. The van der Waals surface area contributed by atoms with Crippen molar-refractivity contribution in [2.24, 2.45) is 5.41 Å². The van der Waals surface area contributed by atoms with E-state index >= 15 is 0 Å². The standard InChI is InChI=1S/C14H18ClN3/c1-3-14(4-2)5-6-18(10-14)13-8-11(9-16)7-12(15)17-13/h7-8H,3-6,10H2,1-2H3. The molecule has 1 fully saturated rings. The predicted octanol–water partition coefficient (Wildman–Crippen LogP) is 3.62. The molecule has 0 unspecified atom stereocenters. The minimum atomic E-state index is 0.398. The van der Waals surface area contributed by atoms with Gasteiger partial charge in [0.2, 0.25) is 0 Å². The van der Waals surface area contributed by atoms with Crippen molar-refractivity contribution in [3.05, 3.63) is 22.8 Å². The number of nitrogens with zero attached hydrogens (tertiary/aromatic N) is 3. The highest BCUT2D eigenvalue weighted by molar-refractivity contribution is 6.29. The van der Waals surface area contributed by atoms with Crippen molar-refractivity contribution in [3.63, 3.8) is 0 Å². The normalized spacial score (nSPS) is 17.8. The van der Waals surface area contributed by atoms with Crippen LogP contribution in [0.25, 0.3) is 0 Å². The molecule has 0 spiro atoms. The lowest BCUT2D eigenvalue weighted by molar-refractivity contribution is 0.301. The summed E-state index contributed by atoms with van der Waals surface area (Å²) in [6.07, 6.45) is 3.56. The maximum absolute atomic E-state index is 8.97. The lowest BCUT2D eigenvalue weighted by atomic mass is 9.82. The second-order valence-electron chi connectivity index (χ2n) is 5.03. The van der Waals surface area contributed by atoms with Crippen LogP contribution in [0.5, 0.6) is 0 Å². The van der Waals surface area contributed by atoms with Crippen LogP contribution in [0.4, 0.5) is 5.82 Å². The van der Waals surface area contributed by atoms with Crippen molar-refractivity contribution in [2.45, 2.75) is 33.1 Å². The zero-order valence-corrected chi connectivity index (χ0v) is 11.7. The molecule has 0 N–H and O–H groups in total. The number of hydrogen-bond donors (Lipinski definition) is 0. The van der Waals surface area contributed by atoms with Crippen LogP contribution in [0.15, 0.2) is 12.1 Å². The van der Waals surface area contributed by atoms with Gasteiger partial charge < -0.3 is 4.90 Å². The Morgan fingerprint density at radius 1 is 1.44 bits per heavy atom. The molecule has 0 aliphatic carbocycles. The molecule has 96 valence electrons. The van der Waals surface area contributed by atoms with Crippen LogP contribution in [0.1, 0.15) is 38.7 Å². The third kappa shape index (κ3) is 2.44. The van der Waals surface area contributed by atoms with Crippen molar-refractivity contribution in [1.29, 1.82) is 5.26 Å². The molecule has 1 aliphatic heterocycles. The van der Waals surface area contributed by atoms with Gasteiger partial charge in [0.15, 0.2) is 0 Å². The average molecular weight is 264 g/mol. The summed E-state index contributed by atoms with van der Waals surface area (Å²) in [6, 6.07) is 5.56. The summed E-state index contributed by atoms with van der Waals surface area (Å²) < 4.78 is 0. The van der Waals surface area contributed by atoms with E-state index in [0.717, 1.165) is 18.9 Å². The summed E-state index contributed by atoms with van der Waals surface area (Å²) >= 11 is 5.96. The summed E-state index contributed by atoms with van der Waals surface area (Å²) in [5.41, 5.74) is 0.979. The number of aromatic nitrogens is 1. The Morgan fingerprint density at radius 3 is 2.72 bits per heavy atom. The Balaban J connectivity index is 2.24. The van der Waals surface area contributed by atoms with E-state index in [9.17, 15) is 0 Å². The molecule has 0 aromatic carbocycles. The molecule has 0 radical (unpaired) electrons. The highest BCUT2D eigenvalue weighted by atomic mass is 35.5. The zero-order chi connectivity index (χ0) is 13.2. The van der Waals surface area contributed by atoms with Crippen LogP contribution in [0, 0.1) is 16.7 Å². The highest BCUT2D eigenvalue weighted by Gasteiger charge is 2.35. The van der Waals surface area contributed by atoms with Crippen molar-refractivity contribution in [2.75, 3.05) is 18.0 Å². The van der Waals surface area contributed by atoms with Crippen molar-refractivity contribution in [1.82, 2.24) is 4.98 Å². The fourth-order valence-corrected chi connectivity index (χ4v) is 2.87. The van der Waals surface area contributed by atoms with Crippen LogP contribution in [0.3, 0.4) is 0 Å². The fourth-order valence-electron chi connectivity index (χ4n) is 2.67. The molecule has 0 saturated carbocycles. The number of rotatable bonds is 3. The first-order valence-electron chi connectivity index (χ1n) is 6.45. The van der Waals surface area contributed by atoms with Gasteiger partial charge in [-0.2, -0.15) is 5.26 Å². The topological polar surface area (TPSA) is 39.9 Å². The van der Waals surface area contributed by atoms with Gasteiger partial charge in [0, 0.05) is 13.1 Å². The molecule has 0 atom stereocenters. The number of nitriles is 1. The second kappa shape index (κ2) is 5.16. The van der Waals surface area contributed by atoms with E-state index in [1.54, 1.807) is 6.07 Å². The smallest absolute Gasteiger partial charge is 0.132 e. The number of anilines is 1. The van der Waals surface area contributed by atoms with Gasteiger partial charge in [-0.3, -0.25) is 0 Å². The predicted molar refractivity (Wildman–Crippen MR) is 73.8 cm³/mol. The number of halogens is 1. The molecule has 3 nitrogen and oxygen atoms in total. The van der Waals surface area contributed by atoms with Gasteiger partial charge in [0.05, 0.1) is 11.6 Å². The zero-order valence-electron chi connectivity index (χ0n) is 10.9. The van der Waals surface area contributed by atoms with Gasteiger partial charge in [-0.1, -0.05) is 25.4 Å². The van der Waals surface area contributed by atoms with Crippen molar-refractivity contribution < 1.29 is 0 Å². The van der Waals surface area contributed by atoms with Gasteiger partial charge in [0.1, 0.15) is 11.0 Å². The Hall–Kier alpha value is -1.27. The molecule has 2 heterocycles. The van der Waals surface area contributed by atoms with Gasteiger partial charge in [-0.25, -0.2) is 4.98 Å². The minimum Gasteiger partial charge on any atom is -0.356 e. The third-order valence-corrected chi connectivity index (χ3v) is 4.37. The lowest BCUT2D eigenvalue weighted by Gasteiger charge is -2.26. The van der Waals surface area contributed by atoms with Gasteiger partial charge in [0.25, 0.3) is 0 Å². The molecule has 1 aliphatic rings. The SMILES string of the molecule is CCC1(CC)CCN(c2cc(C#N)cc(Cl)n2)C1. The molecule has 2 rings (SSSR count). The quantitative estimate of drug-likeness (QED) is 0.782. The molecule has 4 heteroatoms. The first-order valence-corrected chi connectivity index (χ1v) is 6.83. The number of pyridine rings is 1. The first-order chi connectivity index (χ1) is 8.62. The summed E-state index contributed by atoms with van der Waals surface area (Å²) in [5, 5.41) is 9.37. The van der Waals surface area contributed by atoms with E-state index in [-0.39, 0.29) is 0 Å². The summed E-state index contributed by atoms with van der Waals surface area (Å²) in [4.78, 5) is 6.59. The lowest BCUT2D eigenvalue weighted by Crippen LogP contribution is -2.26. The Labute approximate surface area is 113 Å². The summed E-state index contributed by atoms with van der Waals surface area (Å²) in [6.45, 7) is 6.51. The summed E-state index contributed by atoms with van der Waals surface area (Å²) in [7, 11) is 0. The molecular weight excluding hydrogens is 246 g/mol. The molecule has 1 aromatic rings. The van der Waals surface area contributed by atoms with Gasteiger partial charge >= 0.3 is 0 Å². The van der Waals surface area contributed by atoms with Crippen molar-refractivity contribution in [3.8, 4) is 6.07 Å². The van der Waals surface area contributed by atoms with E-state index in [0.29, 0.717) is 16.1 Å². The number of hydrogen-bond acceptors (Lipinski definition) is 3. The average Bonchev–Trinajstić information content (AvgIpc) is 2.83. The highest BCUT2D eigenvalue weighted by Crippen LogP contribution is 2.38. The maximum atomic E-state index is 8.97. The monoisotopic (exact) mass is 263 g/mol. The molecule has 1 saturated heterocycles. The van der Waals surface area contributed by atoms with E-state index < -0.39 is 0 Å². The van der Waals surface area contributed by atoms with Gasteiger partial charge in [-0.15, -0.1) is 0 Å². The van der Waals surface area contributed by atoms with Gasteiger partial charge in [-0.05, 0) is 36.8 Å². The maximum Gasteiger partial charge on any atom is 0.132 e. The van der Waals surface area contributed by atoms with Crippen molar-refractivity contribution >= 4 is 17.4 Å².